The summed E-state index contributed by atoms with van der Waals surface area (Å²) in [5.74, 6) is -0.410. The number of Topliss-reactive ketones (excluding diaryl/α,β-unsaturated/α-hetero) is 1. The van der Waals surface area contributed by atoms with Crippen LogP contribution in [0.4, 0.5) is 4.39 Å². The molecule has 1 atom stereocenters. The number of para-hydroxylation sites is 1. The van der Waals surface area contributed by atoms with Gasteiger partial charge < -0.3 is 0 Å². The van der Waals surface area contributed by atoms with Crippen LogP contribution >= 0.6 is 23.1 Å². The Labute approximate surface area is 145 Å². The fourth-order valence-corrected chi connectivity index (χ4v) is 4.45. The predicted octanol–water partition coefficient (Wildman–Crippen LogP) is 4.45. The molecule has 2 heterocycles. The van der Waals surface area contributed by atoms with E-state index >= 15 is 0 Å². The van der Waals surface area contributed by atoms with Crippen LogP contribution in [0.25, 0.3) is 15.2 Å². The minimum Gasteiger partial charge on any atom is -0.293 e. The third kappa shape index (κ3) is 2.59. The topological polar surface area (TPSA) is 47.3 Å². The molecule has 4 rings (SSSR count). The van der Waals surface area contributed by atoms with Crippen LogP contribution in [-0.4, -0.2) is 25.6 Å². The molecule has 7 heteroatoms. The van der Waals surface area contributed by atoms with E-state index in [4.69, 9.17) is 0 Å². The summed E-state index contributed by atoms with van der Waals surface area (Å²) in [5.41, 5.74) is 1.53. The average Bonchev–Trinajstić information content (AvgIpc) is 3.14. The molecule has 0 saturated carbocycles. The molecule has 120 valence electrons. The van der Waals surface area contributed by atoms with E-state index < -0.39 is 0 Å². The third-order valence-corrected chi connectivity index (χ3v) is 5.75. The Balaban J connectivity index is 1.66. The van der Waals surface area contributed by atoms with E-state index in [9.17, 15) is 9.18 Å². The van der Waals surface area contributed by atoms with Gasteiger partial charge in [0.05, 0.1) is 15.5 Å². The van der Waals surface area contributed by atoms with Gasteiger partial charge in [0.15, 0.2) is 10.9 Å². The van der Waals surface area contributed by atoms with Gasteiger partial charge in [0.1, 0.15) is 5.82 Å². The van der Waals surface area contributed by atoms with Crippen molar-refractivity contribution in [3.8, 4) is 0 Å². The highest BCUT2D eigenvalue weighted by Gasteiger charge is 2.21. The SMILES string of the molecule is CC(Sc1nnc2sc3ccccc3n12)C(=O)c1ccc(F)cc1. The number of halogens is 1. The van der Waals surface area contributed by atoms with Crippen molar-refractivity contribution in [2.24, 2.45) is 0 Å². The maximum atomic E-state index is 13.0. The van der Waals surface area contributed by atoms with Gasteiger partial charge in [-0.3, -0.25) is 9.20 Å². The Bertz CT molecular complexity index is 1040. The maximum Gasteiger partial charge on any atom is 0.217 e. The van der Waals surface area contributed by atoms with E-state index in [2.05, 4.69) is 10.2 Å². The molecule has 0 spiro atoms. The minimum absolute atomic E-state index is 0.0590. The molecule has 0 aliphatic carbocycles. The first-order valence-corrected chi connectivity index (χ1v) is 9.02. The summed E-state index contributed by atoms with van der Waals surface area (Å²) in [4.78, 5) is 13.3. The first-order chi connectivity index (χ1) is 11.6. The number of hydrogen-bond donors (Lipinski definition) is 0. The molecule has 0 aliphatic rings. The zero-order valence-electron chi connectivity index (χ0n) is 12.6. The van der Waals surface area contributed by atoms with Gasteiger partial charge in [-0.1, -0.05) is 35.2 Å². The highest BCUT2D eigenvalue weighted by molar-refractivity contribution is 8.00. The summed E-state index contributed by atoms with van der Waals surface area (Å²) < 4.78 is 16.1. The molecule has 4 nitrogen and oxygen atoms in total. The molecule has 0 bridgehead atoms. The van der Waals surface area contributed by atoms with Crippen molar-refractivity contribution >= 4 is 44.1 Å². The Morgan fingerprint density at radius 1 is 1.17 bits per heavy atom. The summed E-state index contributed by atoms with van der Waals surface area (Å²) in [6.45, 7) is 1.83. The lowest BCUT2D eigenvalue weighted by molar-refractivity contribution is 0.0994. The smallest absolute Gasteiger partial charge is 0.217 e. The molecule has 2 aromatic heterocycles. The molecular formula is C17H12FN3OS2. The molecule has 1 unspecified atom stereocenters. The van der Waals surface area contributed by atoms with Gasteiger partial charge in [0.2, 0.25) is 4.96 Å². The van der Waals surface area contributed by atoms with E-state index in [0.29, 0.717) is 10.7 Å². The number of aromatic nitrogens is 3. The number of carbonyl (C=O) groups excluding carboxylic acids is 1. The number of thiazole rings is 1. The second kappa shape index (κ2) is 5.99. The number of thioether (sulfide) groups is 1. The number of ketones is 1. The lowest BCUT2D eigenvalue weighted by Gasteiger charge is -2.08. The normalized spacial score (nSPS) is 12.8. The molecule has 0 radical (unpaired) electrons. The fraction of sp³-hybridized carbons (Fsp3) is 0.118. The quantitative estimate of drug-likeness (QED) is 0.400. The summed E-state index contributed by atoms with van der Waals surface area (Å²) in [7, 11) is 0. The number of carbonyl (C=O) groups is 1. The largest absolute Gasteiger partial charge is 0.293 e. The van der Waals surface area contributed by atoms with Crippen molar-refractivity contribution in [2.45, 2.75) is 17.3 Å². The van der Waals surface area contributed by atoms with Gasteiger partial charge in [-0.15, -0.1) is 10.2 Å². The molecule has 4 aromatic rings. The number of nitrogens with zero attached hydrogens (tertiary/aromatic N) is 3. The zero-order chi connectivity index (χ0) is 16.7. The van der Waals surface area contributed by atoms with Crippen LogP contribution in [0.3, 0.4) is 0 Å². The van der Waals surface area contributed by atoms with Crippen molar-refractivity contribution < 1.29 is 9.18 Å². The van der Waals surface area contributed by atoms with Crippen LogP contribution in [0.5, 0.6) is 0 Å². The number of hydrogen-bond acceptors (Lipinski definition) is 5. The van der Waals surface area contributed by atoms with Crippen molar-refractivity contribution in [1.82, 2.24) is 14.6 Å². The van der Waals surface area contributed by atoms with Gasteiger partial charge >= 0.3 is 0 Å². The van der Waals surface area contributed by atoms with Crippen molar-refractivity contribution in [3.05, 3.63) is 59.9 Å². The Morgan fingerprint density at radius 2 is 1.92 bits per heavy atom. The number of rotatable bonds is 4. The second-order valence-corrected chi connectivity index (χ2v) is 7.62. The summed E-state index contributed by atoms with van der Waals surface area (Å²) >= 11 is 2.92. The van der Waals surface area contributed by atoms with E-state index in [-0.39, 0.29) is 16.9 Å². The van der Waals surface area contributed by atoms with Crippen LogP contribution in [0.2, 0.25) is 0 Å². The fourth-order valence-electron chi connectivity index (χ4n) is 2.49. The molecule has 2 aromatic carbocycles. The van der Waals surface area contributed by atoms with Gasteiger partial charge in [-0.05, 0) is 43.3 Å². The van der Waals surface area contributed by atoms with Crippen LogP contribution in [-0.2, 0) is 0 Å². The van der Waals surface area contributed by atoms with E-state index in [1.807, 2.05) is 35.6 Å². The Morgan fingerprint density at radius 3 is 2.71 bits per heavy atom. The number of fused-ring (bicyclic) bond motifs is 3. The van der Waals surface area contributed by atoms with Gasteiger partial charge in [0, 0.05) is 5.56 Å². The van der Waals surface area contributed by atoms with Crippen molar-refractivity contribution in [3.63, 3.8) is 0 Å². The van der Waals surface area contributed by atoms with Crippen LogP contribution in [0, 0.1) is 5.82 Å². The first-order valence-electron chi connectivity index (χ1n) is 7.32. The average molecular weight is 357 g/mol. The maximum absolute atomic E-state index is 13.0. The number of benzene rings is 2. The van der Waals surface area contributed by atoms with Crippen LogP contribution in [0.1, 0.15) is 17.3 Å². The highest BCUT2D eigenvalue weighted by Crippen LogP contribution is 2.31. The van der Waals surface area contributed by atoms with Crippen molar-refractivity contribution in [1.29, 1.82) is 0 Å². The molecule has 0 saturated heterocycles. The predicted molar refractivity (Wildman–Crippen MR) is 94.4 cm³/mol. The zero-order valence-corrected chi connectivity index (χ0v) is 14.3. The Hall–Kier alpha value is -2.25. The standard InChI is InChI=1S/C17H12FN3OS2/c1-10(15(22)11-6-8-12(18)9-7-11)23-16-19-20-17-21(16)13-4-2-3-5-14(13)24-17/h2-10H,1H3. The Kier molecular flexibility index (Phi) is 3.82. The molecule has 0 N–H and O–H groups in total. The second-order valence-electron chi connectivity index (χ2n) is 5.30. The highest BCUT2D eigenvalue weighted by atomic mass is 32.2. The van der Waals surface area contributed by atoms with Gasteiger partial charge in [0.25, 0.3) is 0 Å². The first kappa shape index (κ1) is 15.3. The molecular weight excluding hydrogens is 345 g/mol. The molecule has 24 heavy (non-hydrogen) atoms. The van der Waals surface area contributed by atoms with Crippen molar-refractivity contribution in [2.75, 3.05) is 0 Å². The minimum atomic E-state index is -0.351. The van der Waals surface area contributed by atoms with Crippen LogP contribution in [0.15, 0.2) is 53.7 Å². The van der Waals surface area contributed by atoms with E-state index in [1.165, 1.54) is 36.0 Å². The van der Waals surface area contributed by atoms with Gasteiger partial charge in [-0.2, -0.15) is 0 Å². The summed E-state index contributed by atoms with van der Waals surface area (Å²) in [5, 5.41) is 8.75. The lowest BCUT2D eigenvalue weighted by Crippen LogP contribution is -2.14. The molecule has 0 aliphatic heterocycles. The van der Waals surface area contributed by atoms with E-state index in [1.54, 1.807) is 11.3 Å². The molecule has 0 fully saturated rings. The van der Waals surface area contributed by atoms with E-state index in [0.717, 1.165) is 15.2 Å². The summed E-state index contributed by atoms with van der Waals surface area (Å²) in [6.07, 6.45) is 0. The van der Waals surface area contributed by atoms with Gasteiger partial charge in [-0.25, -0.2) is 4.39 Å². The summed E-state index contributed by atoms with van der Waals surface area (Å²) in [6, 6.07) is 13.6. The van der Waals surface area contributed by atoms with Crippen LogP contribution < -0.4 is 0 Å². The molecule has 0 amide bonds. The lowest BCUT2D eigenvalue weighted by atomic mass is 10.1. The monoisotopic (exact) mass is 357 g/mol. The third-order valence-electron chi connectivity index (χ3n) is 3.69.